The van der Waals surface area contributed by atoms with E-state index < -0.39 is 74.6 Å². The third-order valence-electron chi connectivity index (χ3n) is 4.50. The Labute approximate surface area is 159 Å². The van der Waals surface area contributed by atoms with Crippen LogP contribution in [0.5, 0.6) is 0 Å². The summed E-state index contributed by atoms with van der Waals surface area (Å²) in [4.78, 5) is 2.54. The molecule has 0 radical (unpaired) electrons. The van der Waals surface area contributed by atoms with Gasteiger partial charge in [-0.15, -0.1) is 0 Å². The number of azide groups is 1. The van der Waals surface area contributed by atoms with Gasteiger partial charge in [0.2, 0.25) is 0 Å². The quantitative estimate of drug-likeness (QED) is 0.0879. The Morgan fingerprint density at radius 1 is 0.821 bits per heavy atom. The van der Waals surface area contributed by atoms with Crippen molar-refractivity contribution in [3.63, 3.8) is 0 Å². The highest BCUT2D eigenvalue weighted by Crippen LogP contribution is 2.29. The summed E-state index contributed by atoms with van der Waals surface area (Å²) in [5, 5.41) is 72.2. The van der Waals surface area contributed by atoms with Gasteiger partial charge in [0.25, 0.3) is 0 Å². The smallest absolute Gasteiger partial charge is 0.187 e. The maximum atomic E-state index is 10.4. The first-order chi connectivity index (χ1) is 13.3. The second-order valence-electron chi connectivity index (χ2n) is 6.33. The molecule has 0 aliphatic carbocycles. The van der Waals surface area contributed by atoms with Gasteiger partial charge in [0.05, 0.1) is 19.8 Å². The lowest BCUT2D eigenvalue weighted by molar-refractivity contribution is -0.359. The van der Waals surface area contributed by atoms with Crippen molar-refractivity contribution in [1.29, 1.82) is 0 Å². The highest BCUT2D eigenvalue weighted by molar-refractivity contribution is 4.94. The lowest BCUT2D eigenvalue weighted by Crippen LogP contribution is -2.64. The number of ether oxygens (including phenoxy) is 4. The molecule has 0 bridgehead atoms. The maximum Gasteiger partial charge on any atom is 0.187 e. The van der Waals surface area contributed by atoms with Gasteiger partial charge in [0.15, 0.2) is 12.6 Å². The summed E-state index contributed by atoms with van der Waals surface area (Å²) >= 11 is 0. The van der Waals surface area contributed by atoms with Gasteiger partial charge in [-0.1, -0.05) is 5.11 Å². The van der Waals surface area contributed by atoms with Crippen molar-refractivity contribution < 1.29 is 54.7 Å². The summed E-state index contributed by atoms with van der Waals surface area (Å²) < 4.78 is 21.1. The fraction of sp³-hybridized carbons (Fsp3) is 1.00. The second-order valence-corrected chi connectivity index (χ2v) is 6.33. The van der Waals surface area contributed by atoms with E-state index >= 15 is 0 Å². The fourth-order valence-corrected chi connectivity index (χ4v) is 2.94. The van der Waals surface area contributed by atoms with Crippen molar-refractivity contribution in [2.24, 2.45) is 5.11 Å². The molecule has 14 nitrogen and oxygen atoms in total. The molecule has 0 spiro atoms. The molecule has 2 aliphatic rings. The minimum absolute atomic E-state index is 0.0618. The molecule has 0 aromatic rings. The van der Waals surface area contributed by atoms with Crippen LogP contribution in [0, 0.1) is 0 Å². The number of aliphatic hydroxyl groups is 7. The number of rotatable bonds is 8. The molecule has 2 rings (SSSR count). The first-order valence-corrected chi connectivity index (χ1v) is 8.56. The maximum absolute atomic E-state index is 10.4. The predicted molar refractivity (Wildman–Crippen MR) is 86.4 cm³/mol. The molecule has 0 saturated carbocycles. The first kappa shape index (κ1) is 23.2. The van der Waals surface area contributed by atoms with Crippen LogP contribution in [0.4, 0.5) is 0 Å². The van der Waals surface area contributed by atoms with Crippen LogP contribution in [0.25, 0.3) is 10.4 Å². The van der Waals surface area contributed by atoms with Gasteiger partial charge >= 0.3 is 0 Å². The molecule has 162 valence electrons. The first-order valence-electron chi connectivity index (χ1n) is 8.56. The van der Waals surface area contributed by atoms with Gasteiger partial charge in [-0.2, -0.15) is 0 Å². The number of aliphatic hydroxyl groups excluding tert-OH is 7. The lowest BCUT2D eigenvalue weighted by Gasteiger charge is -2.45. The van der Waals surface area contributed by atoms with Crippen LogP contribution < -0.4 is 0 Å². The third kappa shape index (κ3) is 5.07. The highest BCUT2D eigenvalue weighted by Gasteiger charge is 2.50. The molecule has 2 heterocycles. The molecular formula is C14H25N3O11. The van der Waals surface area contributed by atoms with E-state index in [1.54, 1.807) is 0 Å². The van der Waals surface area contributed by atoms with E-state index in [-0.39, 0.29) is 13.2 Å². The molecular weight excluding hydrogens is 386 g/mol. The van der Waals surface area contributed by atoms with E-state index in [2.05, 4.69) is 10.0 Å². The minimum Gasteiger partial charge on any atom is -0.394 e. The van der Waals surface area contributed by atoms with Crippen LogP contribution in [0.15, 0.2) is 5.11 Å². The highest BCUT2D eigenvalue weighted by atomic mass is 16.7. The van der Waals surface area contributed by atoms with Gasteiger partial charge in [-0.05, 0) is 5.53 Å². The van der Waals surface area contributed by atoms with Crippen molar-refractivity contribution in [3.05, 3.63) is 10.4 Å². The lowest BCUT2D eigenvalue weighted by atomic mass is 9.97. The number of hydrogen-bond donors (Lipinski definition) is 7. The monoisotopic (exact) mass is 411 g/mol. The van der Waals surface area contributed by atoms with Crippen molar-refractivity contribution >= 4 is 0 Å². The molecule has 2 saturated heterocycles. The van der Waals surface area contributed by atoms with E-state index in [0.29, 0.717) is 0 Å². The molecule has 10 atom stereocenters. The van der Waals surface area contributed by atoms with Crippen LogP contribution in [-0.2, 0) is 18.9 Å². The van der Waals surface area contributed by atoms with Crippen molar-refractivity contribution in [2.75, 3.05) is 26.4 Å². The Kier molecular flexibility index (Phi) is 8.76. The van der Waals surface area contributed by atoms with Crippen molar-refractivity contribution in [2.45, 2.75) is 61.4 Å². The van der Waals surface area contributed by atoms with Crippen LogP contribution in [0.3, 0.4) is 0 Å². The minimum atomic E-state index is -1.75. The number of nitrogens with zero attached hydrogens (tertiary/aromatic N) is 3. The fourth-order valence-electron chi connectivity index (χ4n) is 2.94. The zero-order valence-electron chi connectivity index (χ0n) is 14.7. The molecule has 2 aliphatic heterocycles. The average molecular weight is 411 g/mol. The number of hydrogen-bond acceptors (Lipinski definition) is 12. The standard InChI is InChI=1S/C14H25N3O11/c15-17-16-1-2-25-13-11(24)12(8(21)6(4-19)26-13)28-14-10(23)9(22)7(20)5(3-18)27-14/h5-14,18-24H,1-4H2/t5-,6-,7-,8-,9+,10+,11+,12+,13+,14-/m1/s1. The Bertz CT molecular complexity index is 535. The normalized spacial score (nSPS) is 44.1. The molecule has 0 unspecified atom stereocenters. The average Bonchev–Trinajstić information content (AvgIpc) is 2.69. The predicted octanol–water partition coefficient (Wildman–Crippen LogP) is -4.06. The molecule has 2 fully saturated rings. The summed E-state index contributed by atoms with van der Waals surface area (Å²) in [5.74, 6) is 0. The molecule has 0 amide bonds. The van der Waals surface area contributed by atoms with E-state index in [1.807, 2.05) is 0 Å². The summed E-state index contributed by atoms with van der Waals surface area (Å²) in [6, 6.07) is 0. The van der Waals surface area contributed by atoms with E-state index in [9.17, 15) is 35.7 Å². The van der Waals surface area contributed by atoms with Gasteiger partial charge in [-0.3, -0.25) is 0 Å². The van der Waals surface area contributed by atoms with E-state index in [4.69, 9.17) is 24.5 Å². The zero-order valence-corrected chi connectivity index (χ0v) is 14.7. The second kappa shape index (κ2) is 10.6. The Balaban J connectivity index is 2.10. The summed E-state index contributed by atoms with van der Waals surface area (Å²) in [6.45, 7) is -1.53. The Morgan fingerprint density at radius 3 is 2.04 bits per heavy atom. The zero-order chi connectivity index (χ0) is 20.8. The van der Waals surface area contributed by atoms with Crippen LogP contribution in [0.2, 0.25) is 0 Å². The topological polar surface area (TPSA) is 227 Å². The molecule has 7 N–H and O–H groups in total. The Hall–Kier alpha value is -1.13. The van der Waals surface area contributed by atoms with Gasteiger partial charge in [0.1, 0.15) is 48.8 Å². The summed E-state index contributed by atoms with van der Waals surface area (Å²) in [7, 11) is 0. The molecule has 0 aromatic heterocycles. The van der Waals surface area contributed by atoms with Crippen LogP contribution in [-0.4, -0.2) is 124 Å². The van der Waals surface area contributed by atoms with Crippen LogP contribution in [0.1, 0.15) is 0 Å². The van der Waals surface area contributed by atoms with Gasteiger partial charge in [-0.25, -0.2) is 0 Å². The summed E-state index contributed by atoms with van der Waals surface area (Å²) in [5.41, 5.74) is 8.24. The molecule has 14 heteroatoms. The van der Waals surface area contributed by atoms with E-state index in [0.717, 1.165) is 0 Å². The molecule has 28 heavy (non-hydrogen) atoms. The SMILES string of the molecule is [N-]=[N+]=NCCO[C@H]1O[C@H](CO)[C@@H](O)[C@H](O[C@H]2O[C@H](CO)[C@@H](O)[C@H](O)[C@@H]2O)[C@@H]1O. The molecule has 0 aromatic carbocycles. The van der Waals surface area contributed by atoms with E-state index in [1.165, 1.54) is 0 Å². The van der Waals surface area contributed by atoms with Crippen molar-refractivity contribution in [1.82, 2.24) is 0 Å². The Morgan fingerprint density at radius 2 is 1.43 bits per heavy atom. The van der Waals surface area contributed by atoms with Gasteiger partial charge < -0.3 is 54.7 Å². The third-order valence-corrected chi connectivity index (χ3v) is 4.50. The van der Waals surface area contributed by atoms with Crippen LogP contribution >= 0.6 is 0 Å². The summed E-state index contributed by atoms with van der Waals surface area (Å²) in [6.07, 6.45) is -15.2. The van der Waals surface area contributed by atoms with Gasteiger partial charge in [0, 0.05) is 11.5 Å². The largest absolute Gasteiger partial charge is 0.394 e. The van der Waals surface area contributed by atoms with Crippen molar-refractivity contribution in [3.8, 4) is 0 Å².